The van der Waals surface area contributed by atoms with Crippen molar-refractivity contribution in [1.29, 1.82) is 0 Å². The van der Waals surface area contributed by atoms with E-state index < -0.39 is 0 Å². The maximum absolute atomic E-state index is 4.46. The van der Waals surface area contributed by atoms with Crippen molar-refractivity contribution in [2.75, 3.05) is 17.2 Å². The van der Waals surface area contributed by atoms with Gasteiger partial charge in [-0.1, -0.05) is 26.7 Å². The summed E-state index contributed by atoms with van der Waals surface area (Å²) in [6.07, 6.45) is 8.82. The SMILES string of the molecule is CCCNc1ncnc(NC2(C)CCCC2)c1CC. The second-order valence-electron chi connectivity index (χ2n) is 5.72. The lowest BCUT2D eigenvalue weighted by atomic mass is 10.0. The predicted molar refractivity (Wildman–Crippen MR) is 80.7 cm³/mol. The third-order valence-electron chi connectivity index (χ3n) is 3.97. The number of hydrogen-bond acceptors (Lipinski definition) is 4. The fourth-order valence-corrected chi connectivity index (χ4v) is 2.82. The molecule has 1 aliphatic rings. The molecule has 2 rings (SSSR count). The molecule has 4 nitrogen and oxygen atoms in total. The Morgan fingerprint density at radius 2 is 1.84 bits per heavy atom. The van der Waals surface area contributed by atoms with E-state index in [0.717, 1.165) is 31.0 Å². The number of nitrogens with one attached hydrogen (secondary N) is 2. The van der Waals surface area contributed by atoms with Crippen LogP contribution in [0.1, 0.15) is 58.4 Å². The fourth-order valence-electron chi connectivity index (χ4n) is 2.82. The van der Waals surface area contributed by atoms with Gasteiger partial charge in [0.1, 0.15) is 18.0 Å². The van der Waals surface area contributed by atoms with E-state index in [9.17, 15) is 0 Å². The lowest BCUT2D eigenvalue weighted by Crippen LogP contribution is -2.32. The topological polar surface area (TPSA) is 49.8 Å². The highest BCUT2D eigenvalue weighted by molar-refractivity contribution is 5.58. The third kappa shape index (κ3) is 3.37. The summed E-state index contributed by atoms with van der Waals surface area (Å²) >= 11 is 0. The van der Waals surface area contributed by atoms with Crippen LogP contribution in [0.3, 0.4) is 0 Å². The van der Waals surface area contributed by atoms with Crippen LogP contribution >= 0.6 is 0 Å². The quantitative estimate of drug-likeness (QED) is 0.822. The highest BCUT2D eigenvalue weighted by Gasteiger charge is 2.29. The average Bonchev–Trinajstić information content (AvgIpc) is 2.83. The Morgan fingerprint density at radius 1 is 1.16 bits per heavy atom. The number of rotatable bonds is 6. The summed E-state index contributed by atoms with van der Waals surface area (Å²) in [5, 5.41) is 7.06. The smallest absolute Gasteiger partial charge is 0.135 e. The summed E-state index contributed by atoms with van der Waals surface area (Å²) in [6, 6.07) is 0. The minimum Gasteiger partial charge on any atom is -0.370 e. The van der Waals surface area contributed by atoms with Crippen molar-refractivity contribution < 1.29 is 0 Å². The van der Waals surface area contributed by atoms with Crippen LogP contribution in [-0.2, 0) is 6.42 Å². The molecule has 0 atom stereocenters. The van der Waals surface area contributed by atoms with Gasteiger partial charge >= 0.3 is 0 Å². The van der Waals surface area contributed by atoms with Gasteiger partial charge in [-0.05, 0) is 32.6 Å². The second-order valence-corrected chi connectivity index (χ2v) is 5.72. The molecule has 106 valence electrons. The Hall–Kier alpha value is -1.32. The Labute approximate surface area is 116 Å². The molecule has 19 heavy (non-hydrogen) atoms. The minimum atomic E-state index is 0.209. The van der Waals surface area contributed by atoms with Gasteiger partial charge in [0, 0.05) is 17.6 Å². The molecule has 0 amide bonds. The van der Waals surface area contributed by atoms with Crippen LogP contribution in [0.5, 0.6) is 0 Å². The summed E-state index contributed by atoms with van der Waals surface area (Å²) in [7, 11) is 0. The van der Waals surface area contributed by atoms with Crippen molar-refractivity contribution in [2.45, 2.75) is 64.8 Å². The summed E-state index contributed by atoms with van der Waals surface area (Å²) in [5.41, 5.74) is 1.42. The van der Waals surface area contributed by atoms with Crippen LogP contribution in [0.4, 0.5) is 11.6 Å². The molecule has 1 saturated carbocycles. The van der Waals surface area contributed by atoms with Crippen molar-refractivity contribution in [1.82, 2.24) is 9.97 Å². The van der Waals surface area contributed by atoms with Gasteiger partial charge in [0.05, 0.1) is 0 Å². The van der Waals surface area contributed by atoms with Gasteiger partial charge < -0.3 is 10.6 Å². The Balaban J connectivity index is 2.19. The highest BCUT2D eigenvalue weighted by atomic mass is 15.1. The van der Waals surface area contributed by atoms with Crippen LogP contribution < -0.4 is 10.6 Å². The van der Waals surface area contributed by atoms with E-state index in [0.29, 0.717) is 0 Å². The van der Waals surface area contributed by atoms with Crippen LogP contribution in [0.15, 0.2) is 6.33 Å². The fraction of sp³-hybridized carbons (Fsp3) is 0.733. The molecule has 2 N–H and O–H groups in total. The number of anilines is 2. The summed E-state index contributed by atoms with van der Waals surface area (Å²) in [4.78, 5) is 8.85. The standard InChI is InChI=1S/C15H26N4/c1-4-10-16-13-12(5-2)14(18-11-17-13)19-15(3)8-6-7-9-15/h11H,4-10H2,1-3H3,(H2,16,17,18,19). The summed E-state index contributed by atoms with van der Waals surface area (Å²) in [6.45, 7) is 7.60. The van der Waals surface area contributed by atoms with Gasteiger partial charge in [0.2, 0.25) is 0 Å². The highest BCUT2D eigenvalue weighted by Crippen LogP contribution is 2.33. The Kier molecular flexibility index (Phi) is 4.61. The molecule has 0 saturated heterocycles. The third-order valence-corrected chi connectivity index (χ3v) is 3.97. The largest absolute Gasteiger partial charge is 0.370 e. The van der Waals surface area contributed by atoms with Crippen molar-refractivity contribution in [3.8, 4) is 0 Å². The normalized spacial score (nSPS) is 17.4. The molecular formula is C15H26N4. The Bertz CT molecular complexity index is 411. The molecule has 0 aromatic carbocycles. The van der Waals surface area contributed by atoms with Crippen molar-refractivity contribution in [3.05, 3.63) is 11.9 Å². The monoisotopic (exact) mass is 262 g/mol. The van der Waals surface area contributed by atoms with Gasteiger partial charge in [-0.2, -0.15) is 0 Å². The van der Waals surface area contributed by atoms with E-state index in [1.54, 1.807) is 6.33 Å². The van der Waals surface area contributed by atoms with E-state index in [4.69, 9.17) is 0 Å². The van der Waals surface area contributed by atoms with E-state index in [2.05, 4.69) is 41.4 Å². The molecule has 1 aromatic rings. The zero-order valence-electron chi connectivity index (χ0n) is 12.4. The molecule has 0 radical (unpaired) electrons. The van der Waals surface area contributed by atoms with Crippen LogP contribution in [0.25, 0.3) is 0 Å². The zero-order valence-corrected chi connectivity index (χ0v) is 12.4. The predicted octanol–water partition coefficient (Wildman–Crippen LogP) is 3.61. The molecule has 1 aromatic heterocycles. The first kappa shape index (κ1) is 14.1. The molecule has 0 aliphatic heterocycles. The maximum Gasteiger partial charge on any atom is 0.135 e. The van der Waals surface area contributed by atoms with Gasteiger partial charge in [-0.15, -0.1) is 0 Å². The lowest BCUT2D eigenvalue weighted by molar-refractivity contribution is 0.530. The van der Waals surface area contributed by atoms with E-state index in [-0.39, 0.29) is 5.54 Å². The molecule has 0 spiro atoms. The average molecular weight is 262 g/mol. The molecular weight excluding hydrogens is 236 g/mol. The van der Waals surface area contributed by atoms with E-state index in [1.807, 2.05) is 0 Å². The molecule has 4 heteroatoms. The first-order chi connectivity index (χ1) is 9.18. The summed E-state index contributed by atoms with van der Waals surface area (Å²) in [5.74, 6) is 2.00. The first-order valence-electron chi connectivity index (χ1n) is 7.54. The lowest BCUT2D eigenvalue weighted by Gasteiger charge is -2.27. The van der Waals surface area contributed by atoms with Gasteiger partial charge in [-0.3, -0.25) is 0 Å². The van der Waals surface area contributed by atoms with Crippen LogP contribution in [0, 0.1) is 0 Å². The van der Waals surface area contributed by atoms with E-state index in [1.165, 1.54) is 31.2 Å². The van der Waals surface area contributed by atoms with Crippen LogP contribution in [0.2, 0.25) is 0 Å². The molecule has 0 unspecified atom stereocenters. The molecule has 1 fully saturated rings. The first-order valence-corrected chi connectivity index (χ1v) is 7.54. The minimum absolute atomic E-state index is 0.209. The molecule has 1 heterocycles. The second kappa shape index (κ2) is 6.22. The van der Waals surface area contributed by atoms with Gasteiger partial charge in [-0.25, -0.2) is 9.97 Å². The molecule has 0 bridgehead atoms. The number of aromatic nitrogens is 2. The van der Waals surface area contributed by atoms with Crippen molar-refractivity contribution in [2.24, 2.45) is 0 Å². The molecule has 1 aliphatic carbocycles. The summed E-state index contributed by atoms with van der Waals surface area (Å²) < 4.78 is 0. The van der Waals surface area contributed by atoms with Gasteiger partial charge in [0.15, 0.2) is 0 Å². The van der Waals surface area contributed by atoms with Crippen molar-refractivity contribution >= 4 is 11.6 Å². The van der Waals surface area contributed by atoms with E-state index >= 15 is 0 Å². The van der Waals surface area contributed by atoms with Crippen LogP contribution in [-0.4, -0.2) is 22.1 Å². The zero-order chi connectivity index (χ0) is 13.7. The Morgan fingerprint density at radius 3 is 2.47 bits per heavy atom. The maximum atomic E-state index is 4.46. The number of hydrogen-bond donors (Lipinski definition) is 2. The van der Waals surface area contributed by atoms with Gasteiger partial charge in [0.25, 0.3) is 0 Å². The van der Waals surface area contributed by atoms with Crippen molar-refractivity contribution in [3.63, 3.8) is 0 Å². The number of nitrogens with zero attached hydrogens (tertiary/aromatic N) is 2.